The smallest absolute Gasteiger partial charge is 0.0701 e. The summed E-state index contributed by atoms with van der Waals surface area (Å²) in [5.41, 5.74) is 0. The number of hydrogen-bond donors (Lipinski definition) is 6. The molecule has 10 heteroatoms. The number of rotatable bonds is 60. The molecule has 0 heterocycles. The molecule has 0 aliphatic rings. The zero-order valence-corrected chi connectivity index (χ0v) is 67.1. The van der Waals surface area contributed by atoms with Gasteiger partial charge in [-0.25, -0.2) is 0 Å². The van der Waals surface area contributed by atoms with E-state index >= 15 is 0 Å². The second-order valence-electron chi connectivity index (χ2n) is 25.7. The van der Waals surface area contributed by atoms with Gasteiger partial charge in [-0.1, -0.05) is 304 Å². The summed E-state index contributed by atoms with van der Waals surface area (Å²) < 4.78 is 15.9. The van der Waals surface area contributed by atoms with Crippen molar-refractivity contribution in [3.8, 4) is 0 Å². The average Bonchev–Trinajstić information content (AvgIpc) is 3.54. The molecular formula is C80H185N7O3. The second kappa shape index (κ2) is 122. The maximum absolute atomic E-state index is 5.31. The second-order valence-corrected chi connectivity index (χ2v) is 25.7. The quantitative estimate of drug-likeness (QED) is 0.0330. The molecule has 0 amide bonds. The van der Waals surface area contributed by atoms with Crippen molar-refractivity contribution >= 4 is 0 Å². The van der Waals surface area contributed by atoms with E-state index in [9.17, 15) is 0 Å². The first-order chi connectivity index (χ1) is 43.8. The Morgan fingerprint density at radius 2 is 0.556 bits per heavy atom. The normalized spacial score (nSPS) is 10.4. The van der Waals surface area contributed by atoms with E-state index in [-0.39, 0.29) is 0 Å². The first-order valence-corrected chi connectivity index (χ1v) is 40.3. The maximum Gasteiger partial charge on any atom is 0.0701 e. The summed E-state index contributed by atoms with van der Waals surface area (Å²) in [5.74, 6) is 0.856. The van der Waals surface area contributed by atoms with E-state index in [1.54, 1.807) is 0 Å². The molecule has 0 rings (SSSR count). The first kappa shape index (κ1) is 108. The van der Waals surface area contributed by atoms with Gasteiger partial charge in [0.1, 0.15) is 0 Å². The van der Waals surface area contributed by atoms with Crippen LogP contribution in [0.4, 0.5) is 0 Å². The van der Waals surface area contributed by atoms with Crippen molar-refractivity contribution in [1.29, 1.82) is 0 Å². The molecule has 0 saturated heterocycles. The molecule has 0 radical (unpaired) electrons. The molecular weight excluding hydrogens is 1110 g/mol. The predicted molar refractivity (Wildman–Crippen MR) is 419 cm³/mol. The van der Waals surface area contributed by atoms with Crippen LogP contribution >= 0.6 is 0 Å². The number of unbranched alkanes of at least 4 members (excludes halogenated alkanes) is 28. The Morgan fingerprint density at radius 3 is 0.922 bits per heavy atom. The Bertz CT molecular complexity index is 912. The average molecular weight is 1290 g/mol. The van der Waals surface area contributed by atoms with Crippen molar-refractivity contribution in [1.82, 2.24) is 36.8 Å². The molecule has 0 aromatic heterocycles. The van der Waals surface area contributed by atoms with Crippen LogP contribution in [0.15, 0.2) is 0 Å². The predicted octanol–water partition coefficient (Wildman–Crippen LogP) is 22.6. The van der Waals surface area contributed by atoms with Crippen molar-refractivity contribution < 1.29 is 14.2 Å². The number of hydrogen-bond acceptors (Lipinski definition) is 10. The van der Waals surface area contributed by atoms with Crippen molar-refractivity contribution in [2.24, 2.45) is 5.92 Å². The number of likely N-dealkylation sites (N-methyl/N-ethyl adjacent to an activating group) is 1. The molecule has 0 aromatic rings. The van der Waals surface area contributed by atoms with E-state index in [1.165, 1.54) is 303 Å². The molecule has 0 atom stereocenters. The third kappa shape index (κ3) is 162. The summed E-state index contributed by atoms with van der Waals surface area (Å²) in [6.07, 6.45) is 55.6. The molecule has 0 spiro atoms. The summed E-state index contributed by atoms with van der Waals surface area (Å²) in [4.78, 5) is 2.46. The van der Waals surface area contributed by atoms with Gasteiger partial charge in [-0.05, 0) is 170 Å². The minimum atomic E-state index is 0.646. The fraction of sp³-hybridized carbons (Fsp3) is 1.00. The van der Waals surface area contributed by atoms with Gasteiger partial charge in [0.15, 0.2) is 0 Å². The van der Waals surface area contributed by atoms with Gasteiger partial charge in [0.2, 0.25) is 0 Å². The Kier molecular flexibility index (Phi) is 147. The standard InChI is InChI=1S/C15H33N.C11H25N.C9H21NO2.2C9H21N.C8H18O.C7H17N.C7H16.C5H13N/c1-3-5-7-8-9-10-11-12-13-15-16-14-6-4-2;1-4-6-8-10-12(3)11-9-7-5-2;1-3-4-6-11-8-9-12-7-5-10-2;1-8(2)6-5-7-10-9(3)4;1-3-4-5-6-7-8-9-10-2;1-3-5-7-9-8-6-4-2;1-3-5-6-7-8-4-2;1-3-5-7-6-4-2;1-3-4-5-6-2/h16H,3-15H2,1-2H3;4-11H2,1-3H3;10H,3-9H2,1-2H3;8-10H,5-7H2,1-4H3;10H,3-9H2,1-2H3;3-8H2,1-2H3;8H,3-7H2,1-2H3;3-7H2,1-2H3;6H,3-5H2,1-2H3. The number of nitrogens with one attached hydrogen (secondary N) is 6. The fourth-order valence-corrected chi connectivity index (χ4v) is 8.39. The van der Waals surface area contributed by atoms with Crippen LogP contribution in [0.25, 0.3) is 0 Å². The number of nitrogens with zero attached hydrogens (tertiary/aromatic N) is 1. The minimum Gasteiger partial charge on any atom is -0.381 e. The van der Waals surface area contributed by atoms with Crippen LogP contribution in [0.3, 0.4) is 0 Å². The molecule has 0 fully saturated rings. The zero-order chi connectivity index (χ0) is 69.4. The van der Waals surface area contributed by atoms with Crippen molar-refractivity contribution in [3.05, 3.63) is 0 Å². The van der Waals surface area contributed by atoms with E-state index < -0.39 is 0 Å². The summed E-state index contributed by atoms with van der Waals surface area (Å²) >= 11 is 0. The van der Waals surface area contributed by atoms with E-state index in [4.69, 9.17) is 14.2 Å². The zero-order valence-electron chi connectivity index (χ0n) is 67.1. The summed E-state index contributed by atoms with van der Waals surface area (Å²) in [5, 5.41) is 19.4. The lowest BCUT2D eigenvalue weighted by Crippen LogP contribution is -2.23. The fourth-order valence-electron chi connectivity index (χ4n) is 8.39. The van der Waals surface area contributed by atoms with Gasteiger partial charge in [0.25, 0.3) is 0 Å². The molecule has 0 saturated carbocycles. The summed E-state index contributed by atoms with van der Waals surface area (Å²) in [7, 11) is 8.16. The lowest BCUT2D eigenvalue weighted by molar-refractivity contribution is 0.0482. The van der Waals surface area contributed by atoms with Gasteiger partial charge in [-0.15, -0.1) is 0 Å². The van der Waals surface area contributed by atoms with Crippen molar-refractivity contribution in [2.45, 2.75) is 387 Å². The van der Waals surface area contributed by atoms with Crippen LogP contribution < -0.4 is 31.9 Å². The molecule has 558 valence electrons. The highest BCUT2D eigenvalue weighted by atomic mass is 16.5. The van der Waals surface area contributed by atoms with Crippen LogP contribution in [0.5, 0.6) is 0 Å². The van der Waals surface area contributed by atoms with Gasteiger partial charge in [-0.2, -0.15) is 0 Å². The van der Waals surface area contributed by atoms with Gasteiger partial charge in [0.05, 0.1) is 19.8 Å². The van der Waals surface area contributed by atoms with Gasteiger partial charge >= 0.3 is 0 Å². The first-order valence-electron chi connectivity index (χ1n) is 40.3. The SMILES string of the molecule is CC(C)CCCNC(C)C.CCCCCCC.CCCCCCCCCCCNCCCC.CCCCCCCCNC.CCCCCN(C)CCCCC.CCCCCNCC.CCCCNC.CCCCOCCCC.CCCCOCCOCCNC. The van der Waals surface area contributed by atoms with Crippen molar-refractivity contribution in [2.75, 3.05) is 133 Å². The molecule has 6 N–H and O–H groups in total. The molecule has 90 heavy (non-hydrogen) atoms. The van der Waals surface area contributed by atoms with Crippen LogP contribution in [-0.2, 0) is 14.2 Å². The van der Waals surface area contributed by atoms with E-state index in [0.29, 0.717) is 12.6 Å². The number of ether oxygens (including phenoxy) is 3. The van der Waals surface area contributed by atoms with Crippen molar-refractivity contribution in [3.63, 3.8) is 0 Å². The largest absolute Gasteiger partial charge is 0.381 e. The van der Waals surface area contributed by atoms with E-state index in [2.05, 4.69) is 162 Å². The topological polar surface area (TPSA) is 103 Å². The highest BCUT2D eigenvalue weighted by Crippen LogP contribution is 2.10. The Labute approximate surface area is 574 Å². The monoisotopic (exact) mass is 1290 g/mol. The highest BCUT2D eigenvalue weighted by molar-refractivity contribution is 4.55. The van der Waals surface area contributed by atoms with Gasteiger partial charge < -0.3 is 51.0 Å². The third-order valence-electron chi connectivity index (χ3n) is 14.7. The van der Waals surface area contributed by atoms with Crippen LogP contribution in [-0.4, -0.2) is 144 Å². The third-order valence-corrected chi connectivity index (χ3v) is 14.7. The Balaban J connectivity index is -0.000000119. The summed E-state index contributed by atoms with van der Waals surface area (Å²) in [6, 6.07) is 0.646. The Hall–Kier alpha value is -0.400. The molecule has 0 aliphatic carbocycles. The van der Waals surface area contributed by atoms with Crippen LogP contribution in [0.1, 0.15) is 381 Å². The van der Waals surface area contributed by atoms with E-state index in [1.807, 2.05) is 21.1 Å². The Morgan fingerprint density at radius 1 is 0.267 bits per heavy atom. The molecule has 0 unspecified atom stereocenters. The van der Waals surface area contributed by atoms with Gasteiger partial charge in [0, 0.05) is 32.4 Å². The van der Waals surface area contributed by atoms with E-state index in [0.717, 1.165) is 65.0 Å². The molecule has 0 bridgehead atoms. The minimum absolute atomic E-state index is 0.646. The molecule has 0 aromatic carbocycles. The van der Waals surface area contributed by atoms with Crippen LogP contribution in [0.2, 0.25) is 0 Å². The molecule has 0 aliphatic heterocycles. The molecule has 10 nitrogen and oxygen atoms in total. The summed E-state index contributed by atoms with van der Waals surface area (Å²) in [6.45, 7) is 54.6. The van der Waals surface area contributed by atoms with Crippen LogP contribution in [0, 0.1) is 5.92 Å². The lowest BCUT2D eigenvalue weighted by atomic mass is 10.1. The van der Waals surface area contributed by atoms with Gasteiger partial charge in [-0.3, -0.25) is 0 Å². The lowest BCUT2D eigenvalue weighted by Gasteiger charge is -2.15. The maximum atomic E-state index is 5.31. The highest BCUT2D eigenvalue weighted by Gasteiger charge is 1.98.